The Balaban J connectivity index is 1.60. The van der Waals surface area contributed by atoms with E-state index < -0.39 is 0 Å². The van der Waals surface area contributed by atoms with E-state index in [0.717, 1.165) is 54.6 Å². The van der Waals surface area contributed by atoms with E-state index in [1.165, 1.54) is 5.56 Å². The van der Waals surface area contributed by atoms with Crippen LogP contribution in [0.2, 0.25) is 0 Å². The molecule has 0 spiro atoms. The van der Waals surface area contributed by atoms with Crippen molar-refractivity contribution in [2.45, 2.75) is 52.9 Å². The third-order valence-electron chi connectivity index (χ3n) is 6.51. The Morgan fingerprint density at radius 1 is 1.09 bits per heavy atom. The van der Waals surface area contributed by atoms with E-state index in [2.05, 4.69) is 25.2 Å². The van der Waals surface area contributed by atoms with E-state index in [1.54, 1.807) is 9.58 Å². The first-order valence-electron chi connectivity index (χ1n) is 12.3. The molecule has 4 rings (SSSR count). The number of aromatic nitrogens is 2. The second kappa shape index (κ2) is 10.7. The largest absolute Gasteiger partial charge is 0.333 e. The molecule has 1 N–H and O–H groups in total. The Kier molecular flexibility index (Phi) is 7.46. The first-order valence-corrected chi connectivity index (χ1v) is 12.3. The number of carbonyl (C=O) groups is 2. The summed E-state index contributed by atoms with van der Waals surface area (Å²) in [4.78, 5) is 27.8. The Hall–Kier alpha value is -3.41. The highest BCUT2D eigenvalue weighted by Gasteiger charge is 2.30. The lowest BCUT2D eigenvalue weighted by molar-refractivity contribution is -0.140. The SMILES string of the molecule is CCCCN(CC(=O)Nc1cc(-c2ccccc2)nn1-c1ccc(C)cc1C)C(=O)C1CCC1. The van der Waals surface area contributed by atoms with Gasteiger partial charge in [0.2, 0.25) is 11.8 Å². The molecule has 34 heavy (non-hydrogen) atoms. The number of unbranched alkanes of at least 4 members (excludes halogenated alkanes) is 1. The number of anilines is 1. The van der Waals surface area contributed by atoms with E-state index in [4.69, 9.17) is 5.10 Å². The van der Waals surface area contributed by atoms with Crippen molar-refractivity contribution in [3.05, 3.63) is 65.7 Å². The molecule has 1 saturated carbocycles. The number of aryl methyl sites for hydroxylation is 2. The van der Waals surface area contributed by atoms with Gasteiger partial charge in [0.25, 0.3) is 0 Å². The van der Waals surface area contributed by atoms with Crippen LogP contribution in [0.15, 0.2) is 54.6 Å². The molecule has 0 atom stereocenters. The molecule has 0 radical (unpaired) electrons. The second-order valence-electron chi connectivity index (χ2n) is 9.27. The molecule has 6 nitrogen and oxygen atoms in total. The molecule has 3 aromatic rings. The maximum Gasteiger partial charge on any atom is 0.245 e. The minimum absolute atomic E-state index is 0.0636. The molecule has 2 aromatic carbocycles. The highest BCUT2D eigenvalue weighted by Crippen LogP contribution is 2.29. The molecular formula is C28H34N4O2. The molecule has 0 saturated heterocycles. The van der Waals surface area contributed by atoms with Crippen LogP contribution in [0.3, 0.4) is 0 Å². The Labute approximate surface area is 202 Å². The molecule has 1 aliphatic carbocycles. The third kappa shape index (κ3) is 5.38. The number of carbonyl (C=O) groups excluding carboxylic acids is 2. The average molecular weight is 459 g/mol. The highest BCUT2D eigenvalue weighted by atomic mass is 16.2. The first-order chi connectivity index (χ1) is 16.5. The molecule has 6 heteroatoms. The zero-order chi connectivity index (χ0) is 24.1. The van der Waals surface area contributed by atoms with E-state index in [1.807, 2.05) is 55.5 Å². The lowest BCUT2D eigenvalue weighted by Gasteiger charge is -2.31. The van der Waals surface area contributed by atoms with Gasteiger partial charge in [0.1, 0.15) is 5.82 Å². The second-order valence-corrected chi connectivity index (χ2v) is 9.27. The zero-order valence-corrected chi connectivity index (χ0v) is 20.4. The number of rotatable bonds is 9. The zero-order valence-electron chi connectivity index (χ0n) is 20.4. The molecule has 0 aliphatic heterocycles. The first kappa shape index (κ1) is 23.7. The summed E-state index contributed by atoms with van der Waals surface area (Å²) in [5.41, 5.74) is 4.92. The van der Waals surface area contributed by atoms with Crippen molar-refractivity contribution in [3.63, 3.8) is 0 Å². The molecule has 1 heterocycles. The van der Waals surface area contributed by atoms with Crippen molar-refractivity contribution in [2.75, 3.05) is 18.4 Å². The van der Waals surface area contributed by atoms with E-state index in [-0.39, 0.29) is 24.3 Å². The van der Waals surface area contributed by atoms with Crippen LogP contribution in [-0.4, -0.2) is 39.6 Å². The van der Waals surface area contributed by atoms with Crippen LogP contribution in [0.5, 0.6) is 0 Å². The minimum atomic E-state index is -0.200. The quantitative estimate of drug-likeness (QED) is 0.459. The van der Waals surface area contributed by atoms with Crippen molar-refractivity contribution < 1.29 is 9.59 Å². The van der Waals surface area contributed by atoms with Gasteiger partial charge in [-0.1, -0.05) is 67.8 Å². The van der Waals surface area contributed by atoms with Crippen LogP contribution in [0.25, 0.3) is 16.9 Å². The molecule has 1 aromatic heterocycles. The van der Waals surface area contributed by atoms with Gasteiger partial charge >= 0.3 is 0 Å². The van der Waals surface area contributed by atoms with Crippen molar-refractivity contribution >= 4 is 17.6 Å². The van der Waals surface area contributed by atoms with Gasteiger partial charge in [-0.3, -0.25) is 9.59 Å². The van der Waals surface area contributed by atoms with Gasteiger partial charge in [0.15, 0.2) is 0 Å². The molecule has 0 unspecified atom stereocenters. The van der Waals surface area contributed by atoms with Gasteiger partial charge in [-0.25, -0.2) is 4.68 Å². The Morgan fingerprint density at radius 3 is 2.50 bits per heavy atom. The summed E-state index contributed by atoms with van der Waals surface area (Å²) in [6.45, 7) is 6.88. The van der Waals surface area contributed by atoms with Gasteiger partial charge in [-0.05, 0) is 44.7 Å². The fourth-order valence-electron chi connectivity index (χ4n) is 4.33. The summed E-state index contributed by atoms with van der Waals surface area (Å²) in [6.07, 6.45) is 4.84. The maximum atomic E-state index is 13.1. The van der Waals surface area contributed by atoms with Gasteiger partial charge in [-0.15, -0.1) is 0 Å². The predicted octanol–water partition coefficient (Wildman–Crippen LogP) is 5.52. The van der Waals surface area contributed by atoms with Crippen LogP contribution in [-0.2, 0) is 9.59 Å². The number of nitrogens with zero attached hydrogens (tertiary/aromatic N) is 3. The maximum absolute atomic E-state index is 13.1. The predicted molar refractivity (Wildman–Crippen MR) is 136 cm³/mol. The van der Waals surface area contributed by atoms with Crippen molar-refractivity contribution in [1.82, 2.24) is 14.7 Å². The van der Waals surface area contributed by atoms with Crippen molar-refractivity contribution in [2.24, 2.45) is 5.92 Å². The van der Waals surface area contributed by atoms with Crippen LogP contribution < -0.4 is 5.32 Å². The molecule has 1 fully saturated rings. The lowest BCUT2D eigenvalue weighted by atomic mass is 9.84. The van der Waals surface area contributed by atoms with Gasteiger partial charge < -0.3 is 10.2 Å². The molecule has 178 valence electrons. The monoisotopic (exact) mass is 458 g/mol. The highest BCUT2D eigenvalue weighted by molar-refractivity contribution is 5.95. The van der Waals surface area contributed by atoms with E-state index in [9.17, 15) is 9.59 Å². The Bertz CT molecular complexity index is 1150. The van der Waals surface area contributed by atoms with Crippen LogP contribution in [0.1, 0.15) is 50.2 Å². The molecule has 0 bridgehead atoms. The van der Waals surface area contributed by atoms with Gasteiger partial charge in [0, 0.05) is 24.1 Å². The number of hydrogen-bond acceptors (Lipinski definition) is 3. The molecule has 2 amide bonds. The number of amides is 2. The van der Waals surface area contributed by atoms with Crippen LogP contribution in [0.4, 0.5) is 5.82 Å². The fourth-order valence-corrected chi connectivity index (χ4v) is 4.33. The summed E-state index contributed by atoms with van der Waals surface area (Å²) in [7, 11) is 0. The molecule has 1 aliphatic rings. The Morgan fingerprint density at radius 2 is 1.85 bits per heavy atom. The van der Waals surface area contributed by atoms with Gasteiger partial charge in [-0.2, -0.15) is 5.10 Å². The van der Waals surface area contributed by atoms with Crippen molar-refractivity contribution in [3.8, 4) is 16.9 Å². The van der Waals surface area contributed by atoms with E-state index >= 15 is 0 Å². The summed E-state index contributed by atoms with van der Waals surface area (Å²) >= 11 is 0. The fraction of sp³-hybridized carbons (Fsp3) is 0.393. The smallest absolute Gasteiger partial charge is 0.245 e. The summed E-state index contributed by atoms with van der Waals surface area (Å²) in [5.74, 6) is 0.592. The number of nitrogens with one attached hydrogen (secondary N) is 1. The summed E-state index contributed by atoms with van der Waals surface area (Å²) in [5, 5.41) is 7.88. The standard InChI is InChI=1S/C28H34N4O2/c1-4-5-16-31(28(34)23-12-9-13-23)19-27(33)29-26-18-24(22-10-7-6-8-11-22)30-32(26)25-15-14-20(2)17-21(25)3/h6-8,10-11,14-15,17-18,23H,4-5,9,12-13,16,19H2,1-3H3,(H,29,33). The van der Waals surface area contributed by atoms with Crippen LogP contribution in [0, 0.1) is 19.8 Å². The van der Waals surface area contributed by atoms with E-state index in [0.29, 0.717) is 12.4 Å². The van der Waals surface area contributed by atoms with Crippen molar-refractivity contribution in [1.29, 1.82) is 0 Å². The normalized spacial score (nSPS) is 13.4. The average Bonchev–Trinajstić information content (AvgIpc) is 3.19. The molecular weight excluding hydrogens is 424 g/mol. The topological polar surface area (TPSA) is 67.2 Å². The summed E-state index contributed by atoms with van der Waals surface area (Å²) < 4.78 is 1.79. The third-order valence-corrected chi connectivity index (χ3v) is 6.51. The van der Waals surface area contributed by atoms with Crippen LogP contribution >= 0.6 is 0 Å². The summed E-state index contributed by atoms with van der Waals surface area (Å²) in [6, 6.07) is 18.0. The number of benzene rings is 2. The van der Waals surface area contributed by atoms with Gasteiger partial charge in [0.05, 0.1) is 17.9 Å². The number of hydrogen-bond donors (Lipinski definition) is 1. The lowest BCUT2D eigenvalue weighted by Crippen LogP contribution is -2.43. The minimum Gasteiger partial charge on any atom is -0.333 e.